The van der Waals surface area contributed by atoms with Crippen molar-refractivity contribution in [3.63, 3.8) is 0 Å². The van der Waals surface area contributed by atoms with E-state index in [4.69, 9.17) is 4.74 Å². The number of hydrogen-bond acceptors (Lipinski definition) is 4. The van der Waals surface area contributed by atoms with Gasteiger partial charge in [-0.25, -0.2) is 9.78 Å². The number of pyridine rings is 1. The number of fused-ring (bicyclic) bond motifs is 1. The van der Waals surface area contributed by atoms with Crippen molar-refractivity contribution in [3.8, 4) is 0 Å². The SMILES string of the molecule is COC(=O)C(NC(=O)c1cn(CC2CCCCC2)c2ncccc12)C(C)C. The third kappa shape index (κ3) is 4.31. The van der Waals surface area contributed by atoms with Crippen molar-refractivity contribution in [1.82, 2.24) is 14.9 Å². The van der Waals surface area contributed by atoms with Crippen LogP contribution in [0.25, 0.3) is 11.0 Å². The Morgan fingerprint density at radius 2 is 2.04 bits per heavy atom. The van der Waals surface area contributed by atoms with Crippen LogP contribution in [0, 0.1) is 11.8 Å². The fourth-order valence-corrected chi connectivity index (χ4v) is 3.93. The van der Waals surface area contributed by atoms with Crippen LogP contribution in [0.3, 0.4) is 0 Å². The maximum atomic E-state index is 12.9. The summed E-state index contributed by atoms with van der Waals surface area (Å²) < 4.78 is 6.93. The number of rotatable bonds is 6. The molecular weight excluding hydrogens is 342 g/mol. The summed E-state index contributed by atoms with van der Waals surface area (Å²) >= 11 is 0. The number of ether oxygens (including phenoxy) is 1. The molecule has 27 heavy (non-hydrogen) atoms. The molecule has 0 aromatic carbocycles. The van der Waals surface area contributed by atoms with Gasteiger partial charge in [-0.2, -0.15) is 0 Å². The number of methoxy groups -OCH3 is 1. The molecule has 3 rings (SSSR count). The van der Waals surface area contributed by atoms with E-state index in [9.17, 15) is 9.59 Å². The monoisotopic (exact) mass is 371 g/mol. The first-order valence-corrected chi connectivity index (χ1v) is 9.83. The fourth-order valence-electron chi connectivity index (χ4n) is 3.93. The van der Waals surface area contributed by atoms with Gasteiger partial charge in [-0.05, 0) is 36.8 Å². The molecule has 146 valence electrons. The smallest absolute Gasteiger partial charge is 0.328 e. The third-order valence-electron chi connectivity index (χ3n) is 5.47. The second-order valence-electron chi connectivity index (χ2n) is 7.79. The average Bonchev–Trinajstić information content (AvgIpc) is 3.04. The summed E-state index contributed by atoms with van der Waals surface area (Å²) in [6.07, 6.45) is 9.97. The molecule has 1 fully saturated rings. The lowest BCUT2D eigenvalue weighted by molar-refractivity contribution is -0.144. The number of hydrogen-bond donors (Lipinski definition) is 1. The van der Waals surface area contributed by atoms with E-state index in [1.54, 1.807) is 6.20 Å². The van der Waals surface area contributed by atoms with E-state index in [2.05, 4.69) is 14.9 Å². The number of esters is 1. The highest BCUT2D eigenvalue weighted by molar-refractivity contribution is 6.07. The van der Waals surface area contributed by atoms with Crippen LogP contribution < -0.4 is 5.32 Å². The maximum Gasteiger partial charge on any atom is 0.328 e. The molecule has 0 bridgehead atoms. The highest BCUT2D eigenvalue weighted by atomic mass is 16.5. The standard InChI is InChI=1S/C21H29N3O3/c1-14(2)18(21(26)27-3)23-20(25)17-13-24(12-15-8-5-4-6-9-15)19-16(17)10-7-11-22-19/h7,10-11,13-15,18H,4-6,8-9,12H2,1-3H3,(H,23,25). The lowest BCUT2D eigenvalue weighted by Crippen LogP contribution is -2.45. The predicted molar refractivity (Wildman–Crippen MR) is 104 cm³/mol. The van der Waals surface area contributed by atoms with Crippen LogP contribution >= 0.6 is 0 Å². The van der Waals surface area contributed by atoms with Gasteiger partial charge in [0.05, 0.1) is 12.7 Å². The molecule has 0 radical (unpaired) electrons. The van der Waals surface area contributed by atoms with Crippen LogP contribution in [-0.2, 0) is 16.1 Å². The van der Waals surface area contributed by atoms with E-state index in [-0.39, 0.29) is 11.8 Å². The minimum Gasteiger partial charge on any atom is -0.467 e. The van der Waals surface area contributed by atoms with E-state index < -0.39 is 12.0 Å². The molecule has 1 N–H and O–H groups in total. The first-order valence-electron chi connectivity index (χ1n) is 9.83. The van der Waals surface area contributed by atoms with Crippen molar-refractivity contribution < 1.29 is 14.3 Å². The van der Waals surface area contributed by atoms with E-state index >= 15 is 0 Å². The average molecular weight is 371 g/mol. The van der Waals surface area contributed by atoms with Gasteiger partial charge in [0.25, 0.3) is 5.91 Å². The molecule has 2 aromatic heterocycles. The quantitative estimate of drug-likeness (QED) is 0.788. The van der Waals surface area contributed by atoms with Gasteiger partial charge < -0.3 is 14.6 Å². The molecule has 0 saturated heterocycles. The molecule has 6 heteroatoms. The summed E-state index contributed by atoms with van der Waals surface area (Å²) in [6.45, 7) is 4.65. The zero-order chi connectivity index (χ0) is 19.4. The van der Waals surface area contributed by atoms with E-state index in [0.29, 0.717) is 11.5 Å². The summed E-state index contributed by atoms with van der Waals surface area (Å²) in [5, 5.41) is 3.66. The van der Waals surface area contributed by atoms with Crippen molar-refractivity contribution in [2.45, 2.75) is 58.5 Å². The van der Waals surface area contributed by atoms with Crippen LogP contribution in [0.1, 0.15) is 56.3 Å². The zero-order valence-corrected chi connectivity index (χ0v) is 16.4. The second kappa shape index (κ2) is 8.55. The van der Waals surface area contributed by atoms with Gasteiger partial charge >= 0.3 is 5.97 Å². The Labute approximate surface area is 160 Å². The Kier molecular flexibility index (Phi) is 6.14. The molecule has 6 nitrogen and oxygen atoms in total. The number of aromatic nitrogens is 2. The fraction of sp³-hybridized carbons (Fsp3) is 0.571. The van der Waals surface area contributed by atoms with Crippen LogP contribution in [0.15, 0.2) is 24.5 Å². The van der Waals surface area contributed by atoms with Gasteiger partial charge in [0.1, 0.15) is 11.7 Å². The maximum absolute atomic E-state index is 12.9. The lowest BCUT2D eigenvalue weighted by atomic mass is 9.89. The minimum absolute atomic E-state index is 0.0601. The molecule has 2 heterocycles. The van der Waals surface area contributed by atoms with Crippen LogP contribution in [0.5, 0.6) is 0 Å². The van der Waals surface area contributed by atoms with Crippen molar-refractivity contribution in [2.75, 3.05) is 7.11 Å². The molecule has 0 aliphatic heterocycles. The van der Waals surface area contributed by atoms with Gasteiger partial charge in [0, 0.05) is 24.3 Å². The van der Waals surface area contributed by atoms with E-state index in [1.807, 2.05) is 32.2 Å². The number of carbonyl (C=O) groups excluding carboxylic acids is 2. The number of nitrogens with zero attached hydrogens (tertiary/aromatic N) is 2. The Balaban J connectivity index is 1.87. The zero-order valence-electron chi connectivity index (χ0n) is 16.4. The number of nitrogens with one attached hydrogen (secondary N) is 1. The van der Waals surface area contributed by atoms with Gasteiger partial charge in [-0.3, -0.25) is 4.79 Å². The summed E-state index contributed by atoms with van der Waals surface area (Å²) in [6, 6.07) is 3.08. The Bertz CT molecular complexity index is 806. The van der Waals surface area contributed by atoms with Gasteiger partial charge in [-0.15, -0.1) is 0 Å². The number of carbonyl (C=O) groups is 2. The molecule has 1 amide bonds. The second-order valence-corrected chi connectivity index (χ2v) is 7.79. The molecule has 1 atom stereocenters. The number of amides is 1. The topological polar surface area (TPSA) is 73.2 Å². The van der Waals surface area contributed by atoms with Gasteiger partial charge in [-0.1, -0.05) is 33.1 Å². The third-order valence-corrected chi connectivity index (χ3v) is 5.47. The molecule has 2 aromatic rings. The molecule has 1 aliphatic rings. The van der Waals surface area contributed by atoms with E-state index in [0.717, 1.165) is 17.6 Å². The summed E-state index contributed by atoms with van der Waals surface area (Å²) in [5.74, 6) is -0.122. The van der Waals surface area contributed by atoms with Crippen molar-refractivity contribution in [2.24, 2.45) is 11.8 Å². The van der Waals surface area contributed by atoms with Crippen molar-refractivity contribution in [1.29, 1.82) is 0 Å². The van der Waals surface area contributed by atoms with Crippen LogP contribution in [-0.4, -0.2) is 34.6 Å². The summed E-state index contributed by atoms with van der Waals surface area (Å²) in [4.78, 5) is 29.4. The molecular formula is C21H29N3O3. The van der Waals surface area contributed by atoms with Crippen molar-refractivity contribution >= 4 is 22.9 Å². The lowest BCUT2D eigenvalue weighted by Gasteiger charge is -2.22. The Morgan fingerprint density at radius 1 is 1.30 bits per heavy atom. The molecule has 1 unspecified atom stereocenters. The normalized spacial score (nSPS) is 16.4. The molecule has 0 spiro atoms. The summed E-state index contributed by atoms with van der Waals surface area (Å²) in [7, 11) is 1.34. The first-order chi connectivity index (χ1) is 13.0. The van der Waals surface area contributed by atoms with E-state index in [1.165, 1.54) is 39.2 Å². The minimum atomic E-state index is -0.670. The summed E-state index contributed by atoms with van der Waals surface area (Å²) in [5.41, 5.74) is 1.39. The van der Waals surface area contributed by atoms with Crippen LogP contribution in [0.4, 0.5) is 0 Å². The molecule has 1 aliphatic carbocycles. The Hall–Kier alpha value is -2.37. The van der Waals surface area contributed by atoms with Crippen molar-refractivity contribution in [3.05, 3.63) is 30.1 Å². The van der Waals surface area contributed by atoms with Gasteiger partial charge in [0.15, 0.2) is 0 Å². The highest BCUT2D eigenvalue weighted by Crippen LogP contribution is 2.28. The largest absolute Gasteiger partial charge is 0.467 e. The Morgan fingerprint density at radius 3 is 2.70 bits per heavy atom. The highest BCUT2D eigenvalue weighted by Gasteiger charge is 2.27. The molecule has 1 saturated carbocycles. The van der Waals surface area contributed by atoms with Gasteiger partial charge in [0.2, 0.25) is 0 Å². The van der Waals surface area contributed by atoms with Crippen LogP contribution in [0.2, 0.25) is 0 Å². The predicted octanol–water partition coefficient (Wildman–Crippen LogP) is 3.54. The first kappa shape index (κ1) is 19.4.